The SMILES string of the molecule is CCOC(=O)NC(=O)COC(=O)c1cc(S(=O)(=O)N(C)C)ccc1F. The number of nitrogens with zero attached hydrogens (tertiary/aromatic N) is 1. The lowest BCUT2D eigenvalue weighted by Gasteiger charge is -2.12. The second-order valence-corrected chi connectivity index (χ2v) is 6.93. The van der Waals surface area contributed by atoms with Crippen molar-refractivity contribution in [1.82, 2.24) is 9.62 Å². The highest BCUT2D eigenvalue weighted by Gasteiger charge is 2.22. The van der Waals surface area contributed by atoms with Crippen molar-refractivity contribution >= 4 is 28.0 Å². The van der Waals surface area contributed by atoms with Gasteiger partial charge < -0.3 is 9.47 Å². The summed E-state index contributed by atoms with van der Waals surface area (Å²) in [6.45, 7) is 0.695. The van der Waals surface area contributed by atoms with Gasteiger partial charge in [-0.3, -0.25) is 10.1 Å². The third-order valence-corrected chi connectivity index (χ3v) is 4.60. The summed E-state index contributed by atoms with van der Waals surface area (Å²) >= 11 is 0. The molecule has 9 nitrogen and oxygen atoms in total. The Balaban J connectivity index is 2.85. The molecule has 0 atom stereocenters. The summed E-state index contributed by atoms with van der Waals surface area (Å²) in [5, 5.41) is 1.78. The van der Waals surface area contributed by atoms with E-state index < -0.39 is 46.0 Å². The fourth-order valence-corrected chi connectivity index (χ4v) is 2.49. The zero-order valence-electron chi connectivity index (χ0n) is 13.7. The first-order chi connectivity index (χ1) is 11.6. The van der Waals surface area contributed by atoms with E-state index >= 15 is 0 Å². The van der Waals surface area contributed by atoms with Gasteiger partial charge in [-0.15, -0.1) is 0 Å². The number of rotatable bonds is 6. The van der Waals surface area contributed by atoms with Crippen LogP contribution in [0.3, 0.4) is 0 Å². The van der Waals surface area contributed by atoms with Crippen LogP contribution in [0.4, 0.5) is 9.18 Å². The van der Waals surface area contributed by atoms with Crippen LogP contribution in [0.5, 0.6) is 0 Å². The first-order valence-electron chi connectivity index (χ1n) is 6.95. The van der Waals surface area contributed by atoms with Crippen molar-refractivity contribution in [2.75, 3.05) is 27.3 Å². The van der Waals surface area contributed by atoms with E-state index in [9.17, 15) is 27.2 Å². The van der Waals surface area contributed by atoms with E-state index in [4.69, 9.17) is 0 Å². The summed E-state index contributed by atoms with van der Waals surface area (Å²) < 4.78 is 47.7. The molecule has 0 unspecified atom stereocenters. The molecule has 0 radical (unpaired) electrons. The first-order valence-corrected chi connectivity index (χ1v) is 8.39. The summed E-state index contributed by atoms with van der Waals surface area (Å²) in [5.74, 6) is -3.26. The van der Waals surface area contributed by atoms with Gasteiger partial charge in [0, 0.05) is 14.1 Å². The van der Waals surface area contributed by atoms with E-state index in [2.05, 4.69) is 9.47 Å². The average molecular weight is 376 g/mol. The third-order valence-electron chi connectivity index (χ3n) is 2.79. The maximum Gasteiger partial charge on any atom is 0.413 e. The second kappa shape index (κ2) is 8.53. The molecule has 0 saturated heterocycles. The topological polar surface area (TPSA) is 119 Å². The van der Waals surface area contributed by atoms with Crippen LogP contribution in [-0.2, 0) is 24.3 Å². The number of ether oxygens (including phenoxy) is 2. The average Bonchev–Trinajstić information content (AvgIpc) is 2.52. The lowest BCUT2D eigenvalue weighted by molar-refractivity contribution is -0.123. The van der Waals surface area contributed by atoms with Crippen LogP contribution in [0.25, 0.3) is 0 Å². The van der Waals surface area contributed by atoms with E-state index in [1.165, 1.54) is 21.0 Å². The van der Waals surface area contributed by atoms with Crippen molar-refractivity contribution in [3.63, 3.8) is 0 Å². The lowest BCUT2D eigenvalue weighted by atomic mass is 10.2. The van der Waals surface area contributed by atoms with Crippen LogP contribution in [0.1, 0.15) is 17.3 Å². The molecule has 0 saturated carbocycles. The van der Waals surface area contributed by atoms with Gasteiger partial charge in [-0.2, -0.15) is 0 Å². The van der Waals surface area contributed by atoms with Crippen LogP contribution in [0.15, 0.2) is 23.1 Å². The summed E-state index contributed by atoms with van der Waals surface area (Å²) in [6.07, 6.45) is -1.02. The molecule has 0 aromatic heterocycles. The molecule has 0 heterocycles. The number of imide groups is 1. The fraction of sp³-hybridized carbons (Fsp3) is 0.357. The van der Waals surface area contributed by atoms with E-state index in [0.717, 1.165) is 22.5 Å². The molecule has 0 fully saturated rings. The van der Waals surface area contributed by atoms with E-state index in [-0.39, 0.29) is 11.5 Å². The van der Waals surface area contributed by atoms with Gasteiger partial charge in [0.2, 0.25) is 10.0 Å². The number of halogens is 1. The maximum atomic E-state index is 13.8. The minimum Gasteiger partial charge on any atom is -0.452 e. The van der Waals surface area contributed by atoms with Crippen molar-refractivity contribution in [1.29, 1.82) is 0 Å². The van der Waals surface area contributed by atoms with Crippen molar-refractivity contribution in [2.24, 2.45) is 0 Å². The van der Waals surface area contributed by atoms with Crippen molar-refractivity contribution in [3.05, 3.63) is 29.6 Å². The number of nitrogens with one attached hydrogen (secondary N) is 1. The van der Waals surface area contributed by atoms with Gasteiger partial charge in [-0.25, -0.2) is 26.7 Å². The Kier molecular flexibility index (Phi) is 7.00. The van der Waals surface area contributed by atoms with Crippen LogP contribution < -0.4 is 5.32 Å². The Labute approximate surface area is 143 Å². The normalized spacial score (nSPS) is 11.1. The van der Waals surface area contributed by atoms with Gasteiger partial charge in [-0.05, 0) is 25.1 Å². The van der Waals surface area contributed by atoms with E-state index in [1.54, 1.807) is 5.32 Å². The minimum absolute atomic E-state index is 0.0389. The van der Waals surface area contributed by atoms with Crippen molar-refractivity contribution in [2.45, 2.75) is 11.8 Å². The second-order valence-electron chi connectivity index (χ2n) is 4.77. The standard InChI is InChI=1S/C14H17FN2O7S/c1-4-23-14(20)16-12(18)8-24-13(19)10-7-9(5-6-11(10)15)25(21,22)17(2)3/h5-7H,4,8H2,1-3H3,(H,16,18,20). The van der Waals surface area contributed by atoms with Gasteiger partial charge in [-0.1, -0.05) is 0 Å². The number of carbonyl (C=O) groups excluding carboxylic acids is 3. The summed E-state index contributed by atoms with van der Waals surface area (Å²) in [5.41, 5.74) is -0.660. The number of amides is 2. The van der Waals surface area contributed by atoms with Gasteiger partial charge in [0.1, 0.15) is 5.82 Å². The Morgan fingerprint density at radius 2 is 1.84 bits per heavy atom. The van der Waals surface area contributed by atoms with Gasteiger partial charge >= 0.3 is 12.1 Å². The number of alkyl carbamates (subject to hydrolysis) is 1. The molecule has 138 valence electrons. The molecule has 0 spiro atoms. The first kappa shape index (κ1) is 20.5. The number of benzene rings is 1. The molecule has 0 aliphatic heterocycles. The predicted molar refractivity (Wildman–Crippen MR) is 82.7 cm³/mol. The summed E-state index contributed by atoms with van der Waals surface area (Å²) in [6, 6.07) is 2.59. The quantitative estimate of drug-likeness (QED) is 0.718. The molecule has 1 rings (SSSR count). The van der Waals surface area contributed by atoms with Gasteiger partial charge in [0.05, 0.1) is 17.1 Å². The number of carbonyl (C=O) groups is 3. The Hall–Kier alpha value is -2.53. The zero-order chi connectivity index (χ0) is 19.2. The highest BCUT2D eigenvalue weighted by molar-refractivity contribution is 7.89. The van der Waals surface area contributed by atoms with E-state index in [1.807, 2.05) is 0 Å². The minimum atomic E-state index is -3.88. The molecule has 1 aromatic rings. The van der Waals surface area contributed by atoms with Gasteiger partial charge in [0.15, 0.2) is 6.61 Å². The Morgan fingerprint density at radius 1 is 1.20 bits per heavy atom. The predicted octanol–water partition coefficient (Wildman–Crippen LogP) is 0.506. The molecule has 2 amide bonds. The molecule has 1 N–H and O–H groups in total. The third kappa shape index (κ3) is 5.50. The highest BCUT2D eigenvalue weighted by atomic mass is 32.2. The fourth-order valence-electron chi connectivity index (χ4n) is 1.56. The number of hydrogen-bond donors (Lipinski definition) is 1. The molecule has 1 aromatic carbocycles. The largest absolute Gasteiger partial charge is 0.452 e. The summed E-state index contributed by atoms with van der Waals surface area (Å²) in [4.78, 5) is 33.9. The highest BCUT2D eigenvalue weighted by Crippen LogP contribution is 2.18. The molecule has 0 bridgehead atoms. The monoisotopic (exact) mass is 376 g/mol. The lowest BCUT2D eigenvalue weighted by Crippen LogP contribution is -2.34. The molecular formula is C14H17FN2O7S. The van der Waals surface area contributed by atoms with Crippen LogP contribution in [0.2, 0.25) is 0 Å². The zero-order valence-corrected chi connectivity index (χ0v) is 14.6. The van der Waals surface area contributed by atoms with E-state index in [0.29, 0.717) is 0 Å². The molecule has 0 aliphatic carbocycles. The smallest absolute Gasteiger partial charge is 0.413 e. The summed E-state index contributed by atoms with van der Waals surface area (Å²) in [7, 11) is -1.34. The van der Waals surface area contributed by atoms with Crippen LogP contribution in [0, 0.1) is 5.82 Å². The number of sulfonamides is 1. The number of hydrogen-bond acceptors (Lipinski definition) is 7. The Morgan fingerprint density at radius 3 is 2.40 bits per heavy atom. The van der Waals surface area contributed by atoms with Crippen molar-refractivity contribution < 1.29 is 36.7 Å². The Bertz CT molecular complexity index is 777. The molecule has 25 heavy (non-hydrogen) atoms. The molecule has 11 heteroatoms. The van der Waals surface area contributed by atoms with Crippen LogP contribution >= 0.6 is 0 Å². The number of esters is 1. The van der Waals surface area contributed by atoms with Crippen LogP contribution in [-0.4, -0.2) is 58.0 Å². The molecule has 0 aliphatic rings. The molecular weight excluding hydrogens is 359 g/mol. The maximum absolute atomic E-state index is 13.8. The van der Waals surface area contributed by atoms with Gasteiger partial charge in [0.25, 0.3) is 5.91 Å². The van der Waals surface area contributed by atoms with Crippen molar-refractivity contribution in [3.8, 4) is 0 Å².